The number of aromatic nitrogens is 2. The van der Waals surface area contributed by atoms with Crippen molar-refractivity contribution >= 4 is 27.6 Å². The fraction of sp³-hybridized carbons (Fsp3) is 0.524. The molecule has 1 aromatic heterocycles. The van der Waals surface area contributed by atoms with Crippen LogP contribution in [0.25, 0.3) is 0 Å². The number of nitrogens with one attached hydrogen (secondary N) is 4. The lowest BCUT2D eigenvalue weighted by Crippen LogP contribution is -2.45. The minimum Gasteiger partial charge on any atom is -0.446 e. The lowest BCUT2D eigenvalue weighted by atomic mass is 9.99. The number of alkyl carbamates (subject to hydrolysis) is 1. The van der Waals surface area contributed by atoms with Crippen molar-refractivity contribution in [3.05, 3.63) is 35.8 Å². The lowest BCUT2D eigenvalue weighted by molar-refractivity contribution is 0.0916. The number of anilines is 2. The molecule has 6 bridgehead atoms. The van der Waals surface area contributed by atoms with Crippen LogP contribution in [-0.2, 0) is 14.8 Å². The molecule has 9 nitrogen and oxygen atoms in total. The van der Waals surface area contributed by atoms with Crippen molar-refractivity contribution in [1.29, 1.82) is 0 Å². The minimum atomic E-state index is -3.87. The summed E-state index contributed by atoms with van der Waals surface area (Å²) in [4.78, 5) is 12.2. The summed E-state index contributed by atoms with van der Waals surface area (Å²) >= 11 is 0. The molecule has 174 valence electrons. The Hall–Kier alpha value is -2.66. The smallest absolute Gasteiger partial charge is 0.407 e. The van der Waals surface area contributed by atoms with Crippen LogP contribution in [0.5, 0.6) is 0 Å². The van der Waals surface area contributed by atoms with E-state index in [1.165, 1.54) is 12.1 Å². The van der Waals surface area contributed by atoms with Crippen molar-refractivity contribution in [2.24, 2.45) is 0 Å². The largest absolute Gasteiger partial charge is 0.446 e. The van der Waals surface area contributed by atoms with Crippen molar-refractivity contribution in [1.82, 2.24) is 20.2 Å². The van der Waals surface area contributed by atoms with Gasteiger partial charge in [-0.05, 0) is 64.2 Å². The van der Waals surface area contributed by atoms with E-state index < -0.39 is 27.5 Å². The number of carbonyl (C=O) groups is 1. The molecule has 1 fully saturated rings. The first kappa shape index (κ1) is 22.5. The Labute approximate surface area is 186 Å². The molecule has 2 aromatic rings. The molecular weight excluding hydrogens is 437 g/mol. The summed E-state index contributed by atoms with van der Waals surface area (Å²) in [5.41, 5.74) is 0.430. The highest BCUT2D eigenvalue weighted by Crippen LogP contribution is 2.36. The number of ether oxygens (including phenoxy) is 1. The van der Waals surface area contributed by atoms with Crippen LogP contribution in [0.1, 0.15) is 57.6 Å². The second-order valence-corrected chi connectivity index (χ2v) is 10.8. The van der Waals surface area contributed by atoms with Crippen molar-refractivity contribution < 1.29 is 22.3 Å². The summed E-state index contributed by atoms with van der Waals surface area (Å²) < 4.78 is 47.8. The number of benzene rings is 1. The van der Waals surface area contributed by atoms with Crippen LogP contribution in [0.15, 0.2) is 29.2 Å². The number of carbonyl (C=O) groups excluding carboxylic acids is 1. The van der Waals surface area contributed by atoms with E-state index in [2.05, 4.69) is 25.6 Å². The van der Waals surface area contributed by atoms with Crippen molar-refractivity contribution in [2.75, 3.05) is 11.9 Å². The number of fused-ring (bicyclic) bond motifs is 10. The van der Waals surface area contributed by atoms with Crippen LogP contribution in [0.4, 0.5) is 20.7 Å². The van der Waals surface area contributed by atoms with E-state index in [1.807, 2.05) is 13.8 Å². The monoisotopic (exact) mass is 465 g/mol. The maximum atomic E-state index is 14.6. The summed E-state index contributed by atoms with van der Waals surface area (Å²) in [5, 5.41) is 12.9. The molecule has 1 unspecified atom stereocenters. The van der Waals surface area contributed by atoms with Crippen LogP contribution < -0.4 is 15.4 Å². The number of nitrogens with zero attached hydrogens (tertiary/aromatic N) is 1. The molecule has 0 radical (unpaired) electrons. The predicted octanol–water partition coefficient (Wildman–Crippen LogP) is 3.51. The lowest BCUT2D eigenvalue weighted by Gasteiger charge is -2.27. The van der Waals surface area contributed by atoms with Gasteiger partial charge in [-0.2, -0.15) is 5.10 Å². The Morgan fingerprint density at radius 3 is 2.81 bits per heavy atom. The van der Waals surface area contributed by atoms with E-state index in [4.69, 9.17) is 4.74 Å². The van der Waals surface area contributed by atoms with E-state index in [1.54, 1.807) is 6.07 Å². The molecule has 1 aromatic carbocycles. The molecule has 2 atom stereocenters. The van der Waals surface area contributed by atoms with E-state index in [9.17, 15) is 17.6 Å². The average Bonchev–Trinajstić information content (AvgIpc) is 3.35. The van der Waals surface area contributed by atoms with E-state index in [-0.39, 0.29) is 29.1 Å². The third kappa shape index (κ3) is 5.21. The van der Waals surface area contributed by atoms with Gasteiger partial charge >= 0.3 is 6.09 Å². The quantitative estimate of drug-likeness (QED) is 0.472. The van der Waals surface area contributed by atoms with Crippen LogP contribution in [0.2, 0.25) is 0 Å². The minimum absolute atomic E-state index is 0.127. The van der Waals surface area contributed by atoms with E-state index >= 15 is 0 Å². The Morgan fingerprint density at radius 2 is 2.03 bits per heavy atom. The van der Waals surface area contributed by atoms with Gasteiger partial charge in [0, 0.05) is 29.8 Å². The molecule has 0 saturated heterocycles. The van der Waals surface area contributed by atoms with Gasteiger partial charge in [0.1, 0.15) is 11.9 Å². The number of rotatable bonds is 0. The standard InChI is InChI=1S/C21H28FN5O4S/c1-21(2)8-3-9-23-32(29,30)15-6-7-17(16(22)11-15)24-19-12-18(26-27-19)13-4-5-14(10-13)31-20(28)25-21/h6-7,11-14,23H,3-5,8-10H2,1-2H3,(H,25,28)(H2,24,26,27)/t13?,14-/m1/s1. The molecule has 2 aliphatic heterocycles. The second-order valence-electron chi connectivity index (χ2n) is 9.02. The first-order valence-corrected chi connectivity index (χ1v) is 12.2. The normalized spacial score (nSPS) is 25.4. The Morgan fingerprint density at radius 1 is 1.22 bits per heavy atom. The van der Waals surface area contributed by atoms with Gasteiger partial charge in [0.25, 0.3) is 0 Å². The Kier molecular flexibility index (Phi) is 6.13. The summed E-state index contributed by atoms with van der Waals surface area (Å²) in [7, 11) is -3.87. The zero-order valence-electron chi connectivity index (χ0n) is 18.1. The molecule has 3 heterocycles. The molecule has 0 spiro atoms. The van der Waals surface area contributed by atoms with Gasteiger partial charge in [0.2, 0.25) is 10.0 Å². The highest BCUT2D eigenvalue weighted by atomic mass is 32.2. The predicted molar refractivity (Wildman–Crippen MR) is 117 cm³/mol. The summed E-state index contributed by atoms with van der Waals surface area (Å²) in [6, 6.07) is 5.51. The molecule has 3 aliphatic rings. The van der Waals surface area contributed by atoms with Crippen molar-refractivity contribution in [3.63, 3.8) is 0 Å². The zero-order valence-corrected chi connectivity index (χ0v) is 18.9. The Balaban J connectivity index is 1.59. The molecule has 1 saturated carbocycles. The molecule has 11 heteroatoms. The number of hydrogen-bond donors (Lipinski definition) is 4. The van der Waals surface area contributed by atoms with E-state index in [0.717, 1.165) is 24.6 Å². The number of H-pyrrole nitrogens is 1. The van der Waals surface area contributed by atoms with Gasteiger partial charge in [-0.15, -0.1) is 0 Å². The summed E-state index contributed by atoms with van der Waals surface area (Å²) in [6.07, 6.45) is 2.62. The SMILES string of the molecule is CC1(C)CCCNS(=O)(=O)c2ccc(c(F)c2)Nc2cc([nH]n2)C2CC[C@H](C2)OC(=O)N1. The molecule has 32 heavy (non-hydrogen) atoms. The van der Waals surface area contributed by atoms with E-state index in [0.29, 0.717) is 25.1 Å². The van der Waals surface area contributed by atoms with Gasteiger partial charge in [-0.1, -0.05) is 0 Å². The van der Waals surface area contributed by atoms with Crippen LogP contribution in [-0.4, -0.2) is 42.9 Å². The molecule has 1 amide bonds. The third-order valence-corrected chi connectivity index (χ3v) is 7.38. The third-order valence-electron chi connectivity index (χ3n) is 5.92. The summed E-state index contributed by atoms with van der Waals surface area (Å²) in [5.74, 6) is -0.117. The summed E-state index contributed by atoms with van der Waals surface area (Å²) in [6.45, 7) is 3.88. The number of amides is 1. The Bertz CT molecular complexity index is 1100. The number of hydrogen-bond acceptors (Lipinski definition) is 6. The fourth-order valence-electron chi connectivity index (χ4n) is 4.18. The van der Waals surface area contributed by atoms with Crippen molar-refractivity contribution in [2.45, 2.75) is 68.4 Å². The van der Waals surface area contributed by atoms with Crippen molar-refractivity contribution in [3.8, 4) is 0 Å². The van der Waals surface area contributed by atoms with Crippen LogP contribution in [0.3, 0.4) is 0 Å². The number of halogens is 1. The first-order chi connectivity index (χ1) is 15.1. The highest BCUT2D eigenvalue weighted by Gasteiger charge is 2.31. The molecule has 1 aliphatic carbocycles. The number of sulfonamides is 1. The van der Waals surface area contributed by atoms with Crippen LogP contribution >= 0.6 is 0 Å². The first-order valence-electron chi connectivity index (χ1n) is 10.7. The van der Waals surface area contributed by atoms with Gasteiger partial charge in [0.15, 0.2) is 5.82 Å². The average molecular weight is 466 g/mol. The molecule has 4 N–H and O–H groups in total. The maximum Gasteiger partial charge on any atom is 0.407 e. The molecular formula is C21H28FN5O4S. The van der Waals surface area contributed by atoms with Gasteiger partial charge in [0.05, 0.1) is 10.6 Å². The number of aromatic amines is 1. The second kappa shape index (κ2) is 8.70. The van der Waals surface area contributed by atoms with Crippen LogP contribution in [0, 0.1) is 5.82 Å². The van der Waals surface area contributed by atoms with Gasteiger partial charge in [-0.3, -0.25) is 5.10 Å². The fourth-order valence-corrected chi connectivity index (χ4v) is 5.27. The molecule has 5 rings (SSSR count). The van der Waals surface area contributed by atoms with Gasteiger partial charge in [-0.25, -0.2) is 22.3 Å². The zero-order chi connectivity index (χ0) is 22.9. The topological polar surface area (TPSA) is 125 Å². The highest BCUT2D eigenvalue weighted by molar-refractivity contribution is 7.89. The maximum absolute atomic E-state index is 14.6. The van der Waals surface area contributed by atoms with Gasteiger partial charge < -0.3 is 15.4 Å².